The fraction of sp³-hybridized carbons (Fsp3) is 0.111. The van der Waals surface area contributed by atoms with Gasteiger partial charge in [-0.3, -0.25) is 19.2 Å². The number of carbonyl (C=O) groups is 4. The summed E-state index contributed by atoms with van der Waals surface area (Å²) >= 11 is 0. The zero-order chi connectivity index (χ0) is 24.5. The Kier molecular flexibility index (Phi) is 5.62. The number of amides is 1. The molecule has 3 aromatic carbocycles. The van der Waals surface area contributed by atoms with Gasteiger partial charge >= 0.3 is 5.97 Å². The highest BCUT2D eigenvalue weighted by molar-refractivity contribution is 6.28. The third kappa shape index (κ3) is 4.17. The van der Waals surface area contributed by atoms with E-state index in [1.165, 1.54) is 24.5 Å². The van der Waals surface area contributed by atoms with Crippen LogP contribution in [0.4, 0.5) is 5.69 Å². The molecular weight excluding hydrogens is 450 g/mol. The number of furan rings is 1. The summed E-state index contributed by atoms with van der Waals surface area (Å²) < 4.78 is 15.7. The molecule has 8 heteroatoms. The van der Waals surface area contributed by atoms with Crippen LogP contribution in [-0.2, 0) is 20.7 Å². The maximum absolute atomic E-state index is 12.8. The number of rotatable bonds is 6. The third-order valence-electron chi connectivity index (χ3n) is 5.77. The molecule has 0 saturated carbocycles. The van der Waals surface area contributed by atoms with E-state index in [-0.39, 0.29) is 29.1 Å². The van der Waals surface area contributed by atoms with Crippen LogP contribution in [0.5, 0.6) is 5.75 Å². The molecule has 4 aromatic rings. The van der Waals surface area contributed by atoms with Crippen LogP contribution in [0.3, 0.4) is 0 Å². The summed E-state index contributed by atoms with van der Waals surface area (Å²) in [4.78, 5) is 50.1. The van der Waals surface area contributed by atoms with Crippen LogP contribution in [0.15, 0.2) is 71.3 Å². The first kappa shape index (κ1) is 22.1. The molecule has 1 aliphatic rings. The monoisotopic (exact) mass is 469 g/mol. The summed E-state index contributed by atoms with van der Waals surface area (Å²) in [5.41, 5.74) is 2.71. The average molecular weight is 469 g/mol. The van der Waals surface area contributed by atoms with Crippen LogP contribution in [0.1, 0.15) is 37.4 Å². The number of methoxy groups -OCH3 is 1. The van der Waals surface area contributed by atoms with Crippen LogP contribution in [-0.4, -0.2) is 37.2 Å². The molecule has 35 heavy (non-hydrogen) atoms. The van der Waals surface area contributed by atoms with Gasteiger partial charge in [0, 0.05) is 45.0 Å². The highest BCUT2D eigenvalue weighted by Crippen LogP contribution is 2.29. The van der Waals surface area contributed by atoms with Crippen molar-refractivity contribution in [2.75, 3.05) is 19.0 Å². The van der Waals surface area contributed by atoms with Gasteiger partial charge in [-0.15, -0.1) is 0 Å². The zero-order valence-electron chi connectivity index (χ0n) is 18.6. The topological polar surface area (TPSA) is 112 Å². The third-order valence-corrected chi connectivity index (χ3v) is 5.77. The summed E-state index contributed by atoms with van der Waals surface area (Å²) in [5.74, 6) is -1.07. The fourth-order valence-corrected chi connectivity index (χ4v) is 4.05. The Morgan fingerprint density at radius 2 is 1.60 bits per heavy atom. The van der Waals surface area contributed by atoms with Crippen molar-refractivity contribution in [2.45, 2.75) is 6.42 Å². The van der Waals surface area contributed by atoms with E-state index in [2.05, 4.69) is 5.32 Å². The first-order chi connectivity index (χ1) is 16.9. The quantitative estimate of drug-likeness (QED) is 0.375. The SMILES string of the molecule is COc1ccc2c(CC(=O)OCC(=O)Nc3ccc4c(c3)C(=O)c3ccccc3C4=O)coc2c1. The van der Waals surface area contributed by atoms with Gasteiger partial charge in [0.2, 0.25) is 0 Å². The van der Waals surface area contributed by atoms with E-state index in [9.17, 15) is 19.2 Å². The van der Waals surface area contributed by atoms with E-state index >= 15 is 0 Å². The molecule has 1 aromatic heterocycles. The first-order valence-corrected chi connectivity index (χ1v) is 10.8. The average Bonchev–Trinajstić information content (AvgIpc) is 3.27. The van der Waals surface area contributed by atoms with Crippen LogP contribution < -0.4 is 10.1 Å². The smallest absolute Gasteiger partial charge is 0.310 e. The van der Waals surface area contributed by atoms with Crippen molar-refractivity contribution < 1.29 is 33.1 Å². The van der Waals surface area contributed by atoms with Crippen molar-refractivity contribution in [3.05, 3.63) is 94.7 Å². The fourth-order valence-electron chi connectivity index (χ4n) is 4.05. The number of hydrogen-bond donors (Lipinski definition) is 1. The van der Waals surface area contributed by atoms with E-state index in [1.54, 1.807) is 49.6 Å². The van der Waals surface area contributed by atoms with Gasteiger partial charge in [-0.2, -0.15) is 0 Å². The molecule has 1 aliphatic carbocycles. The molecule has 0 unspecified atom stereocenters. The second kappa shape index (κ2) is 8.90. The van der Waals surface area contributed by atoms with E-state index in [0.717, 1.165) is 5.39 Å². The standard InChI is InChI=1S/C27H19NO7/c1-33-17-7-9-18-15(13-34-23(18)12-17)10-25(30)35-14-24(29)28-16-6-8-21-22(11-16)27(32)20-5-3-2-4-19(20)26(21)31/h2-9,11-13H,10,14H2,1H3,(H,28,29). The Morgan fingerprint density at radius 3 is 2.34 bits per heavy atom. The van der Waals surface area contributed by atoms with Crippen molar-refractivity contribution in [2.24, 2.45) is 0 Å². The maximum Gasteiger partial charge on any atom is 0.310 e. The molecule has 0 fully saturated rings. The first-order valence-electron chi connectivity index (χ1n) is 10.8. The van der Waals surface area contributed by atoms with Crippen molar-refractivity contribution in [3.63, 3.8) is 0 Å². The maximum atomic E-state index is 12.8. The van der Waals surface area contributed by atoms with E-state index < -0.39 is 18.5 Å². The van der Waals surface area contributed by atoms with Gasteiger partial charge in [0.25, 0.3) is 5.91 Å². The zero-order valence-corrected chi connectivity index (χ0v) is 18.6. The van der Waals surface area contributed by atoms with E-state index in [0.29, 0.717) is 33.7 Å². The van der Waals surface area contributed by atoms with Gasteiger partial charge in [-0.25, -0.2) is 0 Å². The van der Waals surface area contributed by atoms with Crippen molar-refractivity contribution in [3.8, 4) is 5.75 Å². The second-order valence-corrected chi connectivity index (χ2v) is 7.97. The van der Waals surface area contributed by atoms with E-state index in [1.807, 2.05) is 0 Å². The Hall–Kier alpha value is -4.72. The van der Waals surface area contributed by atoms with Gasteiger partial charge in [0.1, 0.15) is 11.3 Å². The van der Waals surface area contributed by atoms with Crippen molar-refractivity contribution in [1.29, 1.82) is 0 Å². The largest absolute Gasteiger partial charge is 0.497 e. The molecule has 1 heterocycles. The number of fused-ring (bicyclic) bond motifs is 3. The minimum Gasteiger partial charge on any atom is -0.497 e. The summed E-state index contributed by atoms with van der Waals surface area (Å²) in [7, 11) is 1.55. The number of carbonyl (C=O) groups excluding carboxylic acids is 4. The molecule has 0 radical (unpaired) electrons. The number of ether oxygens (including phenoxy) is 2. The lowest BCUT2D eigenvalue weighted by Gasteiger charge is -2.18. The number of benzene rings is 3. The molecular formula is C27H19NO7. The van der Waals surface area contributed by atoms with Gasteiger partial charge in [-0.1, -0.05) is 24.3 Å². The summed E-state index contributed by atoms with van der Waals surface area (Å²) in [6.07, 6.45) is 1.40. The molecule has 8 nitrogen and oxygen atoms in total. The minimum absolute atomic E-state index is 0.0680. The molecule has 0 aliphatic heterocycles. The second-order valence-electron chi connectivity index (χ2n) is 7.97. The Bertz CT molecular complexity index is 1520. The highest BCUT2D eigenvalue weighted by Gasteiger charge is 2.29. The Morgan fingerprint density at radius 1 is 0.886 bits per heavy atom. The summed E-state index contributed by atoms with van der Waals surface area (Å²) in [5, 5.41) is 3.35. The molecule has 1 N–H and O–H groups in total. The highest BCUT2D eigenvalue weighted by atomic mass is 16.5. The molecule has 0 spiro atoms. The van der Waals surface area contributed by atoms with Crippen LogP contribution >= 0.6 is 0 Å². The molecule has 0 atom stereocenters. The van der Waals surface area contributed by atoms with Crippen molar-refractivity contribution in [1.82, 2.24) is 0 Å². The molecule has 5 rings (SSSR count). The summed E-state index contributed by atoms with van der Waals surface area (Å²) in [6, 6.07) is 16.4. The predicted molar refractivity (Wildman–Crippen MR) is 126 cm³/mol. The number of ketones is 2. The van der Waals surface area contributed by atoms with Crippen LogP contribution in [0, 0.1) is 0 Å². The minimum atomic E-state index is -0.596. The van der Waals surface area contributed by atoms with Crippen molar-refractivity contribution >= 4 is 40.1 Å². The Balaban J connectivity index is 1.21. The lowest BCUT2D eigenvalue weighted by Crippen LogP contribution is -2.23. The van der Waals surface area contributed by atoms with Gasteiger partial charge in [0.05, 0.1) is 19.8 Å². The number of anilines is 1. The predicted octanol–water partition coefficient (Wildman–Crippen LogP) is 3.94. The van der Waals surface area contributed by atoms with Crippen LogP contribution in [0.25, 0.3) is 11.0 Å². The normalized spacial score (nSPS) is 12.1. The number of hydrogen-bond acceptors (Lipinski definition) is 7. The van der Waals surface area contributed by atoms with E-state index in [4.69, 9.17) is 13.9 Å². The summed E-state index contributed by atoms with van der Waals surface area (Å²) in [6.45, 7) is -0.505. The Labute approximate surface area is 199 Å². The molecule has 0 saturated heterocycles. The number of esters is 1. The lowest BCUT2D eigenvalue weighted by molar-refractivity contribution is -0.146. The van der Waals surface area contributed by atoms with Gasteiger partial charge in [-0.05, 0) is 30.3 Å². The molecule has 174 valence electrons. The lowest BCUT2D eigenvalue weighted by atomic mass is 9.84. The molecule has 1 amide bonds. The van der Waals surface area contributed by atoms with Gasteiger partial charge < -0.3 is 19.2 Å². The number of nitrogens with one attached hydrogen (secondary N) is 1. The van der Waals surface area contributed by atoms with Crippen LogP contribution in [0.2, 0.25) is 0 Å². The van der Waals surface area contributed by atoms with Gasteiger partial charge in [0.15, 0.2) is 18.2 Å². The molecule has 0 bridgehead atoms.